The summed E-state index contributed by atoms with van der Waals surface area (Å²) in [6.45, 7) is 12.1. The van der Waals surface area contributed by atoms with Gasteiger partial charge in [0, 0.05) is 63.9 Å². The molecular weight excluding hydrogens is 356 g/mol. The monoisotopic (exact) mass is 386 g/mol. The van der Waals surface area contributed by atoms with E-state index < -0.39 is 0 Å². The van der Waals surface area contributed by atoms with Gasteiger partial charge >= 0.3 is 0 Å². The van der Waals surface area contributed by atoms with Gasteiger partial charge in [-0.05, 0) is 6.07 Å². The third-order valence-electron chi connectivity index (χ3n) is 5.15. The Bertz CT molecular complexity index is 919. The van der Waals surface area contributed by atoms with Crippen LogP contribution < -0.4 is 11.1 Å². The van der Waals surface area contributed by atoms with Crippen molar-refractivity contribution in [3.05, 3.63) is 56.6 Å². The lowest BCUT2D eigenvalue weighted by Crippen LogP contribution is -2.47. The van der Waals surface area contributed by atoms with Gasteiger partial charge in [0.05, 0.1) is 24.3 Å². The van der Waals surface area contributed by atoms with Crippen LogP contribution in [0.3, 0.4) is 0 Å². The minimum Gasteiger partial charge on any atom is -0.302 e. The van der Waals surface area contributed by atoms with Crippen molar-refractivity contribution in [2.45, 2.75) is 39.3 Å². The molecule has 0 N–H and O–H groups in total. The summed E-state index contributed by atoms with van der Waals surface area (Å²) < 4.78 is 3.06. The molecule has 1 aliphatic rings. The second-order valence-corrected chi connectivity index (χ2v) is 8.48. The maximum atomic E-state index is 12.1. The molecule has 1 aliphatic heterocycles. The van der Waals surface area contributed by atoms with Crippen molar-refractivity contribution in [2.24, 2.45) is 7.05 Å². The van der Waals surface area contributed by atoms with Crippen molar-refractivity contribution in [1.29, 1.82) is 0 Å². The van der Waals surface area contributed by atoms with Gasteiger partial charge in [-0.25, -0.2) is 9.67 Å². The molecular formula is C20H30N6O2. The van der Waals surface area contributed by atoms with E-state index in [1.54, 1.807) is 30.2 Å². The van der Waals surface area contributed by atoms with Crippen molar-refractivity contribution in [3.8, 4) is 0 Å². The molecule has 8 heteroatoms. The summed E-state index contributed by atoms with van der Waals surface area (Å²) in [5.41, 5.74) is 1.58. The van der Waals surface area contributed by atoms with Crippen molar-refractivity contribution < 1.29 is 0 Å². The van der Waals surface area contributed by atoms with Crippen LogP contribution in [0.2, 0.25) is 0 Å². The Hall–Kier alpha value is -2.32. The maximum Gasteiger partial charge on any atom is 0.266 e. The molecule has 0 atom stereocenters. The van der Waals surface area contributed by atoms with Crippen molar-refractivity contribution in [1.82, 2.24) is 29.1 Å². The van der Waals surface area contributed by atoms with Crippen LogP contribution in [0.4, 0.5) is 0 Å². The molecule has 0 spiro atoms. The minimum absolute atomic E-state index is 0.0286. The Morgan fingerprint density at radius 3 is 2.29 bits per heavy atom. The first kappa shape index (κ1) is 20.4. The van der Waals surface area contributed by atoms with E-state index in [9.17, 15) is 9.59 Å². The van der Waals surface area contributed by atoms with Gasteiger partial charge in [-0.1, -0.05) is 20.8 Å². The van der Waals surface area contributed by atoms with E-state index in [4.69, 9.17) is 0 Å². The smallest absolute Gasteiger partial charge is 0.266 e. The zero-order valence-electron chi connectivity index (χ0n) is 17.3. The molecule has 0 radical (unpaired) electrons. The minimum atomic E-state index is -0.0758. The summed E-state index contributed by atoms with van der Waals surface area (Å²) in [6, 6.07) is 5.04. The zero-order valence-corrected chi connectivity index (χ0v) is 17.3. The molecule has 0 aromatic carbocycles. The van der Waals surface area contributed by atoms with Gasteiger partial charge in [-0.3, -0.25) is 19.4 Å². The number of aryl methyl sites for hydroxylation is 1. The average molecular weight is 387 g/mol. The number of rotatable bonds is 5. The molecule has 152 valence electrons. The predicted octanol–water partition coefficient (Wildman–Crippen LogP) is 0.452. The van der Waals surface area contributed by atoms with Crippen LogP contribution in [0, 0.1) is 0 Å². The van der Waals surface area contributed by atoms with Crippen LogP contribution in [-0.4, -0.2) is 61.9 Å². The highest BCUT2D eigenvalue weighted by molar-refractivity contribution is 5.10. The quantitative estimate of drug-likeness (QED) is 0.743. The fourth-order valence-corrected chi connectivity index (χ4v) is 3.23. The first-order chi connectivity index (χ1) is 13.2. The summed E-state index contributed by atoms with van der Waals surface area (Å²) in [5, 5.41) is 4.54. The highest BCUT2D eigenvalue weighted by Gasteiger charge is 2.19. The maximum absolute atomic E-state index is 12.1. The molecule has 28 heavy (non-hydrogen) atoms. The van der Waals surface area contributed by atoms with E-state index in [1.807, 2.05) is 6.07 Å². The van der Waals surface area contributed by atoms with Crippen LogP contribution in [0.15, 0.2) is 34.1 Å². The Morgan fingerprint density at radius 2 is 1.64 bits per heavy atom. The molecule has 2 aromatic rings. The topological polar surface area (TPSA) is 76.3 Å². The molecule has 1 saturated heterocycles. The molecule has 0 aliphatic carbocycles. The lowest BCUT2D eigenvalue weighted by Gasteiger charge is -2.34. The van der Waals surface area contributed by atoms with Gasteiger partial charge in [-0.15, -0.1) is 0 Å². The fraction of sp³-hybridized carbons (Fsp3) is 0.600. The fourth-order valence-electron chi connectivity index (χ4n) is 3.23. The number of hydrogen-bond acceptors (Lipinski definition) is 6. The van der Waals surface area contributed by atoms with E-state index in [0.717, 1.165) is 44.1 Å². The molecule has 0 saturated carbocycles. The SMILES string of the molecule is Cn1cnc(CN2CCN(CCn3nc(C(C)(C)C)ccc3=O)CC2)cc1=O. The third kappa shape index (κ3) is 5.14. The van der Waals surface area contributed by atoms with E-state index in [1.165, 1.54) is 4.57 Å². The van der Waals surface area contributed by atoms with E-state index in [-0.39, 0.29) is 16.5 Å². The van der Waals surface area contributed by atoms with Crippen LogP contribution in [0.5, 0.6) is 0 Å². The van der Waals surface area contributed by atoms with Crippen LogP contribution in [-0.2, 0) is 25.6 Å². The second kappa shape index (κ2) is 8.36. The largest absolute Gasteiger partial charge is 0.302 e. The first-order valence-electron chi connectivity index (χ1n) is 9.77. The molecule has 0 amide bonds. The summed E-state index contributed by atoms with van der Waals surface area (Å²) in [5.74, 6) is 0. The van der Waals surface area contributed by atoms with E-state index in [0.29, 0.717) is 13.1 Å². The molecule has 8 nitrogen and oxygen atoms in total. The summed E-state index contributed by atoms with van der Waals surface area (Å²) in [7, 11) is 1.70. The molecule has 0 unspecified atom stereocenters. The molecule has 1 fully saturated rings. The predicted molar refractivity (Wildman–Crippen MR) is 108 cm³/mol. The lowest BCUT2D eigenvalue weighted by molar-refractivity contribution is 0.121. The second-order valence-electron chi connectivity index (χ2n) is 8.48. The lowest BCUT2D eigenvalue weighted by atomic mass is 9.92. The highest BCUT2D eigenvalue weighted by Crippen LogP contribution is 2.18. The van der Waals surface area contributed by atoms with Crippen molar-refractivity contribution in [2.75, 3.05) is 32.7 Å². The van der Waals surface area contributed by atoms with E-state index >= 15 is 0 Å². The van der Waals surface area contributed by atoms with Crippen LogP contribution >= 0.6 is 0 Å². The molecule has 3 rings (SSSR count). The molecule has 2 aromatic heterocycles. The average Bonchev–Trinajstić information content (AvgIpc) is 2.64. The van der Waals surface area contributed by atoms with Crippen LogP contribution in [0.1, 0.15) is 32.2 Å². The van der Waals surface area contributed by atoms with Gasteiger partial charge < -0.3 is 4.57 Å². The zero-order chi connectivity index (χ0) is 20.3. The number of hydrogen-bond donors (Lipinski definition) is 0. The molecule has 3 heterocycles. The highest BCUT2D eigenvalue weighted by atomic mass is 16.1. The first-order valence-corrected chi connectivity index (χ1v) is 9.77. The summed E-state index contributed by atoms with van der Waals surface area (Å²) in [4.78, 5) is 32.8. The summed E-state index contributed by atoms with van der Waals surface area (Å²) >= 11 is 0. The number of aromatic nitrogens is 4. The Balaban J connectivity index is 1.51. The number of piperazine rings is 1. The Morgan fingerprint density at radius 1 is 0.964 bits per heavy atom. The van der Waals surface area contributed by atoms with Gasteiger partial charge in [-0.2, -0.15) is 5.10 Å². The third-order valence-corrected chi connectivity index (χ3v) is 5.15. The van der Waals surface area contributed by atoms with E-state index in [2.05, 4.69) is 40.7 Å². The summed E-state index contributed by atoms with van der Waals surface area (Å²) in [6.07, 6.45) is 1.57. The Labute approximate surface area is 165 Å². The van der Waals surface area contributed by atoms with Crippen molar-refractivity contribution in [3.63, 3.8) is 0 Å². The van der Waals surface area contributed by atoms with Crippen molar-refractivity contribution >= 4 is 0 Å². The van der Waals surface area contributed by atoms with Gasteiger partial charge in [0.2, 0.25) is 0 Å². The normalized spacial score (nSPS) is 16.4. The standard InChI is InChI=1S/C20H30N6O2/c1-20(2,3)17-5-6-18(27)26(22-17)12-11-24-7-9-25(10-8-24)14-16-13-19(28)23(4)15-21-16/h5-6,13,15H,7-12,14H2,1-4H3. The van der Waals surface area contributed by atoms with Gasteiger partial charge in [0.15, 0.2) is 0 Å². The Kier molecular flexibility index (Phi) is 6.10. The molecule has 0 bridgehead atoms. The number of nitrogens with zero attached hydrogens (tertiary/aromatic N) is 6. The van der Waals surface area contributed by atoms with Gasteiger partial charge in [0.25, 0.3) is 11.1 Å². The van der Waals surface area contributed by atoms with Gasteiger partial charge in [0.1, 0.15) is 0 Å². The van der Waals surface area contributed by atoms with Crippen LogP contribution in [0.25, 0.3) is 0 Å².